The van der Waals surface area contributed by atoms with E-state index in [1.165, 1.54) is 127 Å². The van der Waals surface area contributed by atoms with Gasteiger partial charge in [0, 0.05) is 6.61 Å². The molecule has 1 aromatic rings. The molecule has 3 heteroatoms. The lowest BCUT2D eigenvalue weighted by Crippen LogP contribution is -2.43. The summed E-state index contributed by atoms with van der Waals surface area (Å²) >= 11 is 0. The SMILES string of the molecule is CCCCCCCC[C@H]1OCCC[C@@H]1CCCCCCC.C[C@]12CC[C@@H]3c4ccc(O)cc4CC[C@H]3[C@@H]1CC[C@@H]2O. The van der Waals surface area contributed by atoms with Crippen molar-refractivity contribution < 1.29 is 14.9 Å². The van der Waals surface area contributed by atoms with Crippen LogP contribution in [0.1, 0.15) is 166 Å². The first kappa shape index (κ1) is 32.8. The smallest absolute Gasteiger partial charge is 0.115 e. The van der Waals surface area contributed by atoms with Gasteiger partial charge in [-0.05, 0) is 117 Å². The van der Waals surface area contributed by atoms with Gasteiger partial charge in [-0.15, -0.1) is 0 Å². The standard InChI is InChI=1S/C20H40O.C18H24O2/c1-3-5-7-9-11-13-17-20-19(16-14-18-21-20)15-12-10-8-6-4-2;1-18-9-8-14-13-5-3-12(19)10-11(13)2-4-15(14)16(18)6-7-17(18)20/h19-20H,3-18H2,1-2H3;3,5,10,14-17,19-20H,2,4,6-9H2,1H3/t19-,20+;14-,15-,16+,17+,18+/m01/s1. The average molecular weight is 569 g/mol. The fourth-order valence-corrected chi connectivity index (χ4v) is 9.23. The number of phenolic OH excluding ortho intramolecular Hbond substituents is 1. The summed E-state index contributed by atoms with van der Waals surface area (Å²) in [5.74, 6) is 3.36. The molecule has 7 atom stereocenters. The molecule has 3 aliphatic carbocycles. The Bertz CT molecular complexity index is 882. The molecule has 1 saturated heterocycles. The molecule has 5 rings (SSSR count). The van der Waals surface area contributed by atoms with Gasteiger partial charge < -0.3 is 14.9 Å². The van der Waals surface area contributed by atoms with E-state index >= 15 is 0 Å². The molecular formula is C38H64O3. The van der Waals surface area contributed by atoms with Gasteiger partial charge in [0.05, 0.1) is 12.2 Å². The predicted molar refractivity (Wildman–Crippen MR) is 173 cm³/mol. The maximum Gasteiger partial charge on any atom is 0.115 e. The third-order valence-electron chi connectivity index (χ3n) is 11.8. The molecule has 0 aromatic heterocycles. The van der Waals surface area contributed by atoms with Gasteiger partial charge in [0.25, 0.3) is 0 Å². The molecule has 3 nitrogen and oxygen atoms in total. The summed E-state index contributed by atoms with van der Waals surface area (Å²) in [5.41, 5.74) is 2.99. The second-order valence-electron chi connectivity index (χ2n) is 14.5. The Morgan fingerprint density at radius 1 is 0.829 bits per heavy atom. The van der Waals surface area contributed by atoms with Crippen LogP contribution in [0.2, 0.25) is 0 Å². The molecule has 41 heavy (non-hydrogen) atoms. The fourth-order valence-electron chi connectivity index (χ4n) is 9.23. The van der Waals surface area contributed by atoms with E-state index in [-0.39, 0.29) is 11.5 Å². The Morgan fingerprint density at radius 3 is 2.29 bits per heavy atom. The first-order valence-corrected chi connectivity index (χ1v) is 18.1. The van der Waals surface area contributed by atoms with Crippen molar-refractivity contribution in [1.29, 1.82) is 0 Å². The number of aromatic hydroxyl groups is 1. The van der Waals surface area contributed by atoms with Crippen LogP contribution in [-0.2, 0) is 11.2 Å². The van der Waals surface area contributed by atoms with E-state index in [0.29, 0.717) is 23.7 Å². The molecule has 0 radical (unpaired) electrons. The van der Waals surface area contributed by atoms with Gasteiger partial charge in [-0.3, -0.25) is 0 Å². The van der Waals surface area contributed by atoms with Crippen molar-refractivity contribution in [2.75, 3.05) is 6.61 Å². The number of phenols is 1. The summed E-state index contributed by atoms with van der Waals surface area (Å²) in [4.78, 5) is 0. The second-order valence-corrected chi connectivity index (χ2v) is 14.5. The van der Waals surface area contributed by atoms with Crippen LogP contribution in [0.4, 0.5) is 0 Å². The highest BCUT2D eigenvalue weighted by molar-refractivity contribution is 5.40. The molecule has 0 amide bonds. The summed E-state index contributed by atoms with van der Waals surface area (Å²) in [5, 5.41) is 20.0. The van der Waals surface area contributed by atoms with Crippen LogP contribution in [0.25, 0.3) is 0 Å². The Labute approximate surface area is 253 Å². The lowest BCUT2D eigenvalue weighted by Gasteiger charge is -2.50. The zero-order valence-electron chi connectivity index (χ0n) is 27.1. The van der Waals surface area contributed by atoms with Crippen molar-refractivity contribution in [1.82, 2.24) is 0 Å². The first-order valence-electron chi connectivity index (χ1n) is 18.1. The predicted octanol–water partition coefficient (Wildman–Crippen LogP) is 10.5. The van der Waals surface area contributed by atoms with Crippen molar-refractivity contribution in [3.8, 4) is 5.75 Å². The number of ether oxygens (including phenoxy) is 1. The topological polar surface area (TPSA) is 49.7 Å². The molecule has 2 saturated carbocycles. The van der Waals surface area contributed by atoms with E-state index in [9.17, 15) is 10.2 Å². The number of aliphatic hydroxyl groups is 1. The molecule has 3 fully saturated rings. The van der Waals surface area contributed by atoms with Crippen LogP contribution in [0, 0.1) is 23.2 Å². The highest BCUT2D eigenvalue weighted by Crippen LogP contribution is 2.60. The summed E-state index contributed by atoms with van der Waals surface area (Å²) in [6, 6.07) is 5.96. The Balaban J connectivity index is 0.000000189. The van der Waals surface area contributed by atoms with Gasteiger partial charge in [0.15, 0.2) is 0 Å². The first-order chi connectivity index (χ1) is 20.0. The summed E-state index contributed by atoms with van der Waals surface area (Å²) in [6.07, 6.45) is 28.4. The number of fused-ring (bicyclic) bond motifs is 5. The summed E-state index contributed by atoms with van der Waals surface area (Å²) in [6.45, 7) is 7.93. The summed E-state index contributed by atoms with van der Waals surface area (Å²) in [7, 11) is 0. The van der Waals surface area contributed by atoms with Gasteiger partial charge in [0.2, 0.25) is 0 Å². The second kappa shape index (κ2) is 16.7. The van der Waals surface area contributed by atoms with E-state index in [4.69, 9.17) is 4.74 Å². The van der Waals surface area contributed by atoms with Crippen LogP contribution in [0.5, 0.6) is 5.75 Å². The van der Waals surface area contributed by atoms with Crippen molar-refractivity contribution in [2.45, 2.75) is 174 Å². The van der Waals surface area contributed by atoms with Crippen LogP contribution >= 0.6 is 0 Å². The molecule has 1 heterocycles. The zero-order valence-corrected chi connectivity index (χ0v) is 27.1. The molecular weight excluding hydrogens is 504 g/mol. The minimum absolute atomic E-state index is 0.0883. The van der Waals surface area contributed by atoms with Crippen molar-refractivity contribution in [3.05, 3.63) is 29.3 Å². The number of benzene rings is 1. The van der Waals surface area contributed by atoms with E-state index in [2.05, 4.69) is 26.8 Å². The highest BCUT2D eigenvalue weighted by atomic mass is 16.5. The number of hydrogen-bond acceptors (Lipinski definition) is 3. The van der Waals surface area contributed by atoms with E-state index in [1.807, 2.05) is 12.1 Å². The zero-order chi connectivity index (χ0) is 29.1. The largest absolute Gasteiger partial charge is 0.508 e. The molecule has 4 aliphatic rings. The Kier molecular flexibility index (Phi) is 13.4. The van der Waals surface area contributed by atoms with Gasteiger partial charge in [-0.25, -0.2) is 0 Å². The fraction of sp³-hybridized carbons (Fsp3) is 0.842. The van der Waals surface area contributed by atoms with Crippen LogP contribution in [-0.4, -0.2) is 29.0 Å². The number of aryl methyl sites for hydroxylation is 1. The van der Waals surface area contributed by atoms with E-state index in [0.717, 1.165) is 37.7 Å². The quantitative estimate of drug-likeness (QED) is 0.233. The Morgan fingerprint density at radius 2 is 1.54 bits per heavy atom. The molecule has 0 unspecified atom stereocenters. The average Bonchev–Trinajstić information content (AvgIpc) is 3.29. The highest BCUT2D eigenvalue weighted by Gasteiger charge is 2.54. The maximum atomic E-state index is 10.4. The van der Waals surface area contributed by atoms with Crippen LogP contribution in [0.3, 0.4) is 0 Å². The van der Waals surface area contributed by atoms with Crippen molar-refractivity contribution >= 4 is 0 Å². The molecule has 1 aromatic carbocycles. The molecule has 2 N–H and O–H groups in total. The minimum Gasteiger partial charge on any atom is -0.508 e. The lowest BCUT2D eigenvalue weighted by molar-refractivity contribution is -0.0352. The number of rotatable bonds is 13. The number of unbranched alkanes of at least 4 members (excludes halogenated alkanes) is 9. The van der Waals surface area contributed by atoms with Crippen LogP contribution in [0.15, 0.2) is 18.2 Å². The van der Waals surface area contributed by atoms with Gasteiger partial charge in [-0.2, -0.15) is 0 Å². The minimum atomic E-state index is -0.0883. The molecule has 234 valence electrons. The third kappa shape index (κ3) is 8.75. The van der Waals surface area contributed by atoms with E-state index in [1.54, 1.807) is 0 Å². The van der Waals surface area contributed by atoms with Crippen LogP contribution < -0.4 is 0 Å². The maximum absolute atomic E-state index is 10.4. The lowest BCUT2D eigenvalue weighted by atomic mass is 9.55. The molecule has 0 bridgehead atoms. The van der Waals surface area contributed by atoms with Gasteiger partial charge in [0.1, 0.15) is 5.75 Å². The normalized spacial score (nSPS) is 32.4. The number of hydrogen-bond donors (Lipinski definition) is 2. The van der Waals surface area contributed by atoms with Crippen molar-refractivity contribution in [3.63, 3.8) is 0 Å². The molecule has 0 spiro atoms. The van der Waals surface area contributed by atoms with Gasteiger partial charge in [-0.1, -0.05) is 97.5 Å². The van der Waals surface area contributed by atoms with Gasteiger partial charge >= 0.3 is 0 Å². The van der Waals surface area contributed by atoms with E-state index < -0.39 is 0 Å². The third-order valence-corrected chi connectivity index (χ3v) is 11.8. The molecule has 1 aliphatic heterocycles. The van der Waals surface area contributed by atoms with Crippen molar-refractivity contribution in [2.24, 2.45) is 23.2 Å². The summed E-state index contributed by atoms with van der Waals surface area (Å²) < 4.78 is 6.10. The monoisotopic (exact) mass is 568 g/mol. The number of aliphatic hydroxyl groups excluding tert-OH is 1. The Hall–Kier alpha value is -1.06.